The standard InChI is InChI=1S/C25H28F3N3O2/c1-33-22-8-4-7-21-23(22)30(15-18-5-2-3-6-20(18)25(26,27)28)16-31(21)19-11-13-29(14-12-19)24(32)17-9-10-17/h2-8,17,19H,9-16H2,1H3. The lowest BCUT2D eigenvalue weighted by molar-refractivity contribution is -0.138. The van der Waals surface area contributed by atoms with Gasteiger partial charge in [0.15, 0.2) is 0 Å². The normalized spacial score (nSPS) is 19.1. The SMILES string of the molecule is COc1cccc2c1N(Cc1ccccc1C(F)(F)F)CN2C1CCN(C(=O)C2CC2)CC1. The lowest BCUT2D eigenvalue weighted by Gasteiger charge is -2.38. The summed E-state index contributed by atoms with van der Waals surface area (Å²) in [6.07, 6.45) is -0.691. The van der Waals surface area contributed by atoms with Gasteiger partial charge in [-0.1, -0.05) is 24.3 Å². The Morgan fingerprint density at radius 1 is 1.03 bits per heavy atom. The molecule has 5 nitrogen and oxygen atoms in total. The van der Waals surface area contributed by atoms with Crippen molar-refractivity contribution in [3.8, 4) is 5.75 Å². The Morgan fingerprint density at radius 2 is 1.76 bits per heavy atom. The molecule has 1 aliphatic carbocycles. The number of nitrogens with zero attached hydrogens (tertiary/aromatic N) is 3. The van der Waals surface area contributed by atoms with Crippen molar-refractivity contribution < 1.29 is 22.7 Å². The average Bonchev–Trinajstić information content (AvgIpc) is 3.60. The predicted molar refractivity (Wildman–Crippen MR) is 120 cm³/mol. The zero-order chi connectivity index (χ0) is 23.2. The van der Waals surface area contributed by atoms with Crippen molar-refractivity contribution in [1.29, 1.82) is 0 Å². The van der Waals surface area contributed by atoms with E-state index in [1.807, 2.05) is 28.0 Å². The van der Waals surface area contributed by atoms with E-state index in [-0.39, 0.29) is 30.0 Å². The van der Waals surface area contributed by atoms with Crippen LogP contribution < -0.4 is 14.5 Å². The molecule has 2 aromatic carbocycles. The highest BCUT2D eigenvalue weighted by Gasteiger charge is 2.39. The van der Waals surface area contributed by atoms with Crippen molar-refractivity contribution in [2.24, 2.45) is 5.92 Å². The molecule has 0 aromatic heterocycles. The van der Waals surface area contributed by atoms with E-state index in [9.17, 15) is 18.0 Å². The monoisotopic (exact) mass is 459 g/mol. The van der Waals surface area contributed by atoms with E-state index in [1.54, 1.807) is 19.2 Å². The maximum atomic E-state index is 13.6. The molecular weight excluding hydrogens is 431 g/mol. The Morgan fingerprint density at radius 3 is 2.42 bits per heavy atom. The van der Waals surface area contributed by atoms with Crippen LogP contribution in [0.5, 0.6) is 5.75 Å². The largest absolute Gasteiger partial charge is 0.495 e. The van der Waals surface area contributed by atoms with Gasteiger partial charge < -0.3 is 19.4 Å². The molecule has 2 aromatic rings. The summed E-state index contributed by atoms with van der Waals surface area (Å²) < 4.78 is 46.4. The van der Waals surface area contributed by atoms with Crippen LogP contribution in [0.2, 0.25) is 0 Å². The molecule has 5 rings (SSSR count). The molecule has 2 heterocycles. The predicted octanol–water partition coefficient (Wildman–Crippen LogP) is 4.90. The molecule has 8 heteroatoms. The van der Waals surface area contributed by atoms with Crippen LogP contribution in [0.15, 0.2) is 42.5 Å². The van der Waals surface area contributed by atoms with Crippen molar-refractivity contribution in [2.45, 2.75) is 44.4 Å². The van der Waals surface area contributed by atoms with Crippen LogP contribution in [0.1, 0.15) is 36.8 Å². The van der Waals surface area contributed by atoms with Gasteiger partial charge in [0, 0.05) is 31.6 Å². The van der Waals surface area contributed by atoms with Crippen LogP contribution in [0, 0.1) is 5.92 Å². The number of methoxy groups -OCH3 is 1. The molecule has 176 valence electrons. The van der Waals surface area contributed by atoms with Crippen molar-refractivity contribution in [3.05, 3.63) is 53.6 Å². The van der Waals surface area contributed by atoms with Crippen molar-refractivity contribution in [3.63, 3.8) is 0 Å². The van der Waals surface area contributed by atoms with E-state index in [0.717, 1.165) is 56.2 Å². The zero-order valence-electron chi connectivity index (χ0n) is 18.6. The van der Waals surface area contributed by atoms with Gasteiger partial charge >= 0.3 is 6.18 Å². The van der Waals surface area contributed by atoms with Gasteiger partial charge in [0.1, 0.15) is 11.4 Å². The Labute approximate surface area is 191 Å². The van der Waals surface area contributed by atoms with Gasteiger partial charge in [-0.2, -0.15) is 13.2 Å². The number of hydrogen-bond donors (Lipinski definition) is 0. The van der Waals surface area contributed by atoms with Crippen molar-refractivity contribution in [1.82, 2.24) is 4.90 Å². The number of rotatable bonds is 5. The van der Waals surface area contributed by atoms with Crippen molar-refractivity contribution >= 4 is 17.3 Å². The number of carbonyl (C=O) groups is 1. The number of para-hydroxylation sites is 1. The van der Waals surface area contributed by atoms with Gasteiger partial charge in [0.25, 0.3) is 0 Å². The molecule has 0 N–H and O–H groups in total. The summed E-state index contributed by atoms with van der Waals surface area (Å²) in [5.41, 5.74) is 1.44. The minimum absolute atomic E-state index is 0.137. The third-order valence-corrected chi connectivity index (χ3v) is 6.97. The van der Waals surface area contributed by atoms with Gasteiger partial charge in [-0.05, 0) is 49.4 Å². The van der Waals surface area contributed by atoms with Crippen LogP contribution in [0.25, 0.3) is 0 Å². The maximum Gasteiger partial charge on any atom is 0.416 e. The van der Waals surface area contributed by atoms with E-state index in [1.165, 1.54) is 6.07 Å². The number of fused-ring (bicyclic) bond motifs is 1. The number of ether oxygens (including phenoxy) is 1. The van der Waals surface area contributed by atoms with Gasteiger partial charge in [-0.25, -0.2) is 0 Å². The highest BCUT2D eigenvalue weighted by molar-refractivity contribution is 5.83. The second-order valence-electron chi connectivity index (χ2n) is 9.12. The number of piperidine rings is 1. The fourth-order valence-corrected chi connectivity index (χ4v) is 5.12. The minimum Gasteiger partial charge on any atom is -0.495 e. The third kappa shape index (κ3) is 4.23. The van der Waals surface area contributed by atoms with Gasteiger partial charge in [-0.15, -0.1) is 0 Å². The molecule has 2 fully saturated rings. The summed E-state index contributed by atoms with van der Waals surface area (Å²) in [6, 6.07) is 11.8. The third-order valence-electron chi connectivity index (χ3n) is 6.97. The first kappa shape index (κ1) is 21.9. The Kier molecular flexibility index (Phi) is 5.62. The molecule has 0 bridgehead atoms. The quantitative estimate of drug-likeness (QED) is 0.637. The minimum atomic E-state index is -4.40. The van der Waals surface area contributed by atoms with E-state index in [0.29, 0.717) is 12.4 Å². The number of alkyl halides is 3. The molecule has 0 radical (unpaired) electrons. The van der Waals surface area contributed by atoms with Crippen LogP contribution in [-0.2, 0) is 17.5 Å². The average molecular weight is 460 g/mol. The van der Waals surface area contributed by atoms with Crippen molar-refractivity contribution in [2.75, 3.05) is 36.7 Å². The Balaban J connectivity index is 1.39. The summed E-state index contributed by atoms with van der Waals surface area (Å²) in [5, 5.41) is 0. The van der Waals surface area contributed by atoms with Gasteiger partial charge in [0.2, 0.25) is 5.91 Å². The molecule has 33 heavy (non-hydrogen) atoms. The molecule has 3 aliphatic rings. The highest BCUT2D eigenvalue weighted by atomic mass is 19.4. The number of likely N-dealkylation sites (tertiary alicyclic amines) is 1. The van der Waals surface area contributed by atoms with E-state index >= 15 is 0 Å². The fraction of sp³-hybridized carbons (Fsp3) is 0.480. The smallest absolute Gasteiger partial charge is 0.416 e. The second-order valence-corrected chi connectivity index (χ2v) is 9.12. The molecule has 1 amide bonds. The molecule has 0 spiro atoms. The lowest BCUT2D eigenvalue weighted by Crippen LogP contribution is -2.48. The van der Waals surface area contributed by atoms with E-state index in [2.05, 4.69) is 4.90 Å². The molecular formula is C25H28F3N3O2. The first-order chi connectivity index (χ1) is 15.9. The van der Waals surface area contributed by atoms with Crippen LogP contribution in [0.3, 0.4) is 0 Å². The van der Waals surface area contributed by atoms with Crippen LogP contribution in [-0.4, -0.2) is 43.7 Å². The summed E-state index contributed by atoms with van der Waals surface area (Å²) in [6.45, 7) is 2.08. The summed E-state index contributed by atoms with van der Waals surface area (Å²) in [4.78, 5) is 18.7. The molecule has 0 unspecified atom stereocenters. The molecule has 1 saturated heterocycles. The Hall–Kier alpha value is -2.90. The Bertz CT molecular complexity index is 1030. The topological polar surface area (TPSA) is 36.0 Å². The zero-order valence-corrected chi connectivity index (χ0v) is 18.6. The van der Waals surface area contributed by atoms with E-state index < -0.39 is 11.7 Å². The first-order valence-corrected chi connectivity index (χ1v) is 11.5. The number of anilines is 2. The summed E-state index contributed by atoms with van der Waals surface area (Å²) >= 11 is 0. The summed E-state index contributed by atoms with van der Waals surface area (Å²) in [5.74, 6) is 1.16. The van der Waals surface area contributed by atoms with Crippen LogP contribution >= 0.6 is 0 Å². The van der Waals surface area contributed by atoms with Gasteiger partial charge in [-0.3, -0.25) is 4.79 Å². The number of benzene rings is 2. The number of hydrogen-bond acceptors (Lipinski definition) is 4. The number of carbonyl (C=O) groups excluding carboxylic acids is 1. The summed E-state index contributed by atoms with van der Waals surface area (Å²) in [7, 11) is 1.59. The van der Waals surface area contributed by atoms with Crippen LogP contribution in [0.4, 0.5) is 24.5 Å². The highest BCUT2D eigenvalue weighted by Crippen LogP contribution is 2.46. The maximum absolute atomic E-state index is 13.6. The number of amides is 1. The molecule has 1 saturated carbocycles. The fourth-order valence-electron chi connectivity index (χ4n) is 5.12. The van der Waals surface area contributed by atoms with E-state index in [4.69, 9.17) is 4.74 Å². The molecule has 2 aliphatic heterocycles. The van der Waals surface area contributed by atoms with Gasteiger partial charge in [0.05, 0.1) is 25.0 Å². The number of halogens is 3. The lowest BCUT2D eigenvalue weighted by atomic mass is 10.0. The second kappa shape index (κ2) is 8.47. The first-order valence-electron chi connectivity index (χ1n) is 11.5. The molecule has 0 atom stereocenters.